The average Bonchev–Trinajstić information content (AvgIpc) is 3.00. The number of piperidine rings is 1. The summed E-state index contributed by atoms with van der Waals surface area (Å²) < 4.78 is 11.9. The van der Waals surface area contributed by atoms with Gasteiger partial charge in [0.2, 0.25) is 5.91 Å². The van der Waals surface area contributed by atoms with Crippen molar-refractivity contribution >= 4 is 29.2 Å². The number of carbonyl (C=O) groups is 2. The Bertz CT molecular complexity index is 1420. The fourth-order valence-corrected chi connectivity index (χ4v) is 6.16. The van der Waals surface area contributed by atoms with Crippen molar-refractivity contribution in [2.75, 3.05) is 25.1 Å². The number of rotatable bonds is 9. The van der Waals surface area contributed by atoms with Gasteiger partial charge in [-0.2, -0.15) is 0 Å². The Balaban J connectivity index is 1.49. The zero-order chi connectivity index (χ0) is 30.0. The van der Waals surface area contributed by atoms with Crippen LogP contribution in [-0.2, 0) is 16.0 Å². The molecule has 0 aromatic heterocycles. The molecular weight excluding hydrogens is 552 g/mol. The summed E-state index contributed by atoms with van der Waals surface area (Å²) in [7, 11) is 1.62. The molecule has 3 atom stereocenters. The monoisotopic (exact) mass is 590 g/mol. The van der Waals surface area contributed by atoms with E-state index in [1.807, 2.05) is 60.4 Å². The van der Waals surface area contributed by atoms with Gasteiger partial charge in [0, 0.05) is 16.8 Å². The van der Waals surface area contributed by atoms with Crippen LogP contribution in [-0.4, -0.2) is 48.2 Å². The maximum Gasteiger partial charge on any atom is 0.306 e. The highest BCUT2D eigenvalue weighted by molar-refractivity contribution is 6.30. The first-order valence-electron chi connectivity index (χ1n) is 14.7. The van der Waals surface area contributed by atoms with Gasteiger partial charge in [-0.05, 0) is 105 Å². The number of hydrogen-bond acceptors (Lipinski definition) is 5. The molecule has 8 heteroatoms. The predicted octanol–water partition coefficient (Wildman–Crippen LogP) is 7.06. The normalized spacial score (nSPS) is 19.2. The van der Waals surface area contributed by atoms with Crippen LogP contribution in [0.1, 0.15) is 74.4 Å². The van der Waals surface area contributed by atoms with Crippen molar-refractivity contribution in [3.8, 4) is 11.5 Å². The van der Waals surface area contributed by atoms with Crippen LogP contribution >= 0.6 is 11.6 Å². The molecule has 1 amide bonds. The van der Waals surface area contributed by atoms with Gasteiger partial charge in [-0.1, -0.05) is 42.8 Å². The van der Waals surface area contributed by atoms with E-state index >= 15 is 0 Å². The lowest BCUT2D eigenvalue weighted by molar-refractivity contribution is -0.143. The van der Waals surface area contributed by atoms with E-state index in [-0.39, 0.29) is 36.4 Å². The summed E-state index contributed by atoms with van der Waals surface area (Å²) in [5, 5.41) is 9.99. The van der Waals surface area contributed by atoms with E-state index in [1.54, 1.807) is 7.11 Å². The van der Waals surface area contributed by atoms with E-state index in [1.165, 1.54) is 0 Å². The van der Waals surface area contributed by atoms with Gasteiger partial charge in [0.05, 0.1) is 31.6 Å². The van der Waals surface area contributed by atoms with Crippen LogP contribution in [0.25, 0.3) is 0 Å². The van der Waals surface area contributed by atoms with E-state index in [0.29, 0.717) is 29.4 Å². The number of aliphatic carboxylic acids is 1. The first-order chi connectivity index (χ1) is 20.2. The minimum Gasteiger partial charge on any atom is -0.493 e. The molecule has 1 N–H and O–H groups in total. The minimum absolute atomic E-state index is 0.00311. The van der Waals surface area contributed by atoms with Gasteiger partial charge in [-0.15, -0.1) is 0 Å². The van der Waals surface area contributed by atoms with Crippen molar-refractivity contribution in [2.24, 2.45) is 5.92 Å². The molecule has 5 rings (SSSR count). The van der Waals surface area contributed by atoms with Crippen molar-refractivity contribution in [1.29, 1.82) is 0 Å². The molecule has 0 radical (unpaired) electrons. The number of carbonyl (C=O) groups excluding carboxylic acids is 1. The smallest absolute Gasteiger partial charge is 0.306 e. The average molecular weight is 591 g/mol. The topological polar surface area (TPSA) is 79.3 Å². The number of benzene rings is 3. The molecule has 0 aliphatic carbocycles. The third kappa shape index (κ3) is 6.13. The van der Waals surface area contributed by atoms with E-state index in [4.69, 9.17) is 21.1 Å². The first-order valence-corrected chi connectivity index (χ1v) is 15.1. The summed E-state index contributed by atoms with van der Waals surface area (Å²) in [6, 6.07) is 19.6. The molecule has 3 aromatic carbocycles. The van der Waals surface area contributed by atoms with Crippen molar-refractivity contribution in [3.05, 3.63) is 87.9 Å². The molecule has 0 bridgehead atoms. The maximum atomic E-state index is 13.8. The molecule has 222 valence electrons. The number of anilines is 1. The number of ether oxygens (including phenoxy) is 2. The summed E-state index contributed by atoms with van der Waals surface area (Å²) in [6.07, 6.45) is 2.44. The van der Waals surface area contributed by atoms with Gasteiger partial charge in [0.15, 0.2) is 11.5 Å². The van der Waals surface area contributed by atoms with E-state index in [9.17, 15) is 14.7 Å². The number of amides is 1. The summed E-state index contributed by atoms with van der Waals surface area (Å²) in [6.45, 7) is 7.77. The van der Waals surface area contributed by atoms with Crippen molar-refractivity contribution in [2.45, 2.75) is 64.6 Å². The Morgan fingerprint density at radius 3 is 2.29 bits per heavy atom. The van der Waals surface area contributed by atoms with Crippen LogP contribution in [0.5, 0.6) is 11.5 Å². The van der Waals surface area contributed by atoms with Gasteiger partial charge in [-0.3, -0.25) is 14.5 Å². The second-order valence-electron chi connectivity index (χ2n) is 11.3. The van der Waals surface area contributed by atoms with Crippen LogP contribution in [0.2, 0.25) is 5.02 Å². The number of likely N-dealkylation sites (tertiary alicyclic amines) is 1. The number of halogens is 1. The Morgan fingerprint density at radius 1 is 1.02 bits per heavy atom. The summed E-state index contributed by atoms with van der Waals surface area (Å²) in [4.78, 5) is 29.4. The second kappa shape index (κ2) is 12.8. The van der Waals surface area contributed by atoms with Crippen molar-refractivity contribution in [1.82, 2.24) is 4.90 Å². The van der Waals surface area contributed by atoms with Crippen LogP contribution in [0, 0.1) is 5.92 Å². The van der Waals surface area contributed by atoms with Gasteiger partial charge in [0.1, 0.15) is 0 Å². The number of hydrogen-bond donors (Lipinski definition) is 1. The van der Waals surface area contributed by atoms with E-state index in [2.05, 4.69) is 30.9 Å². The van der Waals surface area contributed by atoms with E-state index < -0.39 is 5.97 Å². The maximum absolute atomic E-state index is 13.8. The lowest BCUT2D eigenvalue weighted by atomic mass is 9.86. The largest absolute Gasteiger partial charge is 0.493 e. The molecule has 0 saturated carbocycles. The SMILES string of the molecule is CC[C@@H](C)Oc1cc2c(cc1OC)CC(=O)N(c1ccc(C(C)N3CCC(C(=O)O)CC3)cc1)C2c1ccc(Cl)cc1. The second-order valence-corrected chi connectivity index (χ2v) is 11.8. The lowest BCUT2D eigenvalue weighted by Crippen LogP contribution is -2.41. The molecule has 2 heterocycles. The third-order valence-electron chi connectivity index (χ3n) is 8.76. The quantitative estimate of drug-likeness (QED) is 0.287. The molecule has 1 saturated heterocycles. The molecule has 2 unspecified atom stereocenters. The molecule has 42 heavy (non-hydrogen) atoms. The summed E-state index contributed by atoms with van der Waals surface area (Å²) in [5.74, 6) is 0.318. The van der Waals surface area contributed by atoms with Gasteiger partial charge >= 0.3 is 5.97 Å². The van der Waals surface area contributed by atoms with Crippen LogP contribution < -0.4 is 14.4 Å². The number of carboxylic acid groups (broad SMARTS) is 1. The lowest BCUT2D eigenvalue weighted by Gasteiger charge is -2.38. The minimum atomic E-state index is -0.702. The summed E-state index contributed by atoms with van der Waals surface area (Å²) in [5.41, 5.74) is 4.81. The number of carboxylic acids is 1. The molecular formula is C34H39ClN2O5. The standard InChI is InChI=1S/C34H39ClN2O5/c1-5-21(2)42-31-20-29-26(18-30(31)41-4)19-32(38)37(33(29)24-6-10-27(35)11-7-24)28-12-8-23(9-13-28)22(3)36-16-14-25(15-17-36)34(39)40/h6-13,18,20-22,25,33H,5,14-17,19H2,1-4H3,(H,39,40)/t21-,22?,33?/m1/s1. The van der Waals surface area contributed by atoms with Crippen molar-refractivity contribution in [3.63, 3.8) is 0 Å². The number of nitrogens with zero attached hydrogens (tertiary/aromatic N) is 2. The molecule has 2 aliphatic rings. The molecule has 0 spiro atoms. The van der Waals surface area contributed by atoms with Crippen LogP contribution in [0.15, 0.2) is 60.7 Å². The Morgan fingerprint density at radius 2 is 1.69 bits per heavy atom. The molecule has 2 aliphatic heterocycles. The zero-order valence-corrected chi connectivity index (χ0v) is 25.4. The fraction of sp³-hybridized carbons (Fsp3) is 0.412. The van der Waals surface area contributed by atoms with Gasteiger partial charge in [0.25, 0.3) is 0 Å². The molecule has 7 nitrogen and oxygen atoms in total. The highest BCUT2D eigenvalue weighted by Crippen LogP contribution is 2.44. The highest BCUT2D eigenvalue weighted by Gasteiger charge is 2.36. The van der Waals surface area contributed by atoms with Gasteiger partial charge in [-0.25, -0.2) is 0 Å². The Kier molecular flexibility index (Phi) is 9.09. The Hall–Kier alpha value is -3.55. The zero-order valence-electron chi connectivity index (χ0n) is 24.7. The van der Waals surface area contributed by atoms with E-state index in [0.717, 1.165) is 47.5 Å². The number of fused-ring (bicyclic) bond motifs is 1. The van der Waals surface area contributed by atoms with Crippen molar-refractivity contribution < 1.29 is 24.2 Å². The number of methoxy groups -OCH3 is 1. The summed E-state index contributed by atoms with van der Waals surface area (Å²) >= 11 is 6.26. The fourth-order valence-electron chi connectivity index (χ4n) is 6.03. The third-order valence-corrected chi connectivity index (χ3v) is 9.01. The predicted molar refractivity (Wildman–Crippen MR) is 165 cm³/mol. The van der Waals surface area contributed by atoms with Crippen LogP contribution in [0.3, 0.4) is 0 Å². The van der Waals surface area contributed by atoms with Gasteiger partial charge < -0.3 is 19.5 Å². The highest BCUT2D eigenvalue weighted by atomic mass is 35.5. The molecule has 1 fully saturated rings. The first kappa shape index (κ1) is 29.9. The molecule has 3 aromatic rings. The van der Waals surface area contributed by atoms with Crippen LogP contribution in [0.4, 0.5) is 5.69 Å². The Labute approximate surface area is 253 Å².